The molecule has 0 unspecified atom stereocenters. The molecule has 4 aromatic rings. The topological polar surface area (TPSA) is 95.1 Å². The van der Waals surface area contributed by atoms with Crippen LogP contribution in [0, 0.1) is 6.92 Å². The Morgan fingerprint density at radius 2 is 1.97 bits per heavy atom. The summed E-state index contributed by atoms with van der Waals surface area (Å²) in [4.78, 5) is 20.0. The number of carboxylic acid groups (broad SMARTS) is 1. The van der Waals surface area contributed by atoms with E-state index in [4.69, 9.17) is 16.3 Å². The largest absolute Gasteiger partial charge is 0.497 e. The van der Waals surface area contributed by atoms with Gasteiger partial charge in [-0.1, -0.05) is 23.7 Å². The Balaban J connectivity index is 1.57. The summed E-state index contributed by atoms with van der Waals surface area (Å²) >= 11 is 6.27. The first kappa shape index (κ1) is 18.9. The van der Waals surface area contributed by atoms with Gasteiger partial charge >= 0.3 is 5.97 Å². The van der Waals surface area contributed by atoms with Crippen molar-refractivity contribution in [2.24, 2.45) is 0 Å². The summed E-state index contributed by atoms with van der Waals surface area (Å²) in [5.74, 6) is -0.299. The summed E-state index contributed by atoms with van der Waals surface area (Å²) in [6.45, 7) is 2.86. The zero-order valence-electron chi connectivity index (χ0n) is 15.8. The highest BCUT2D eigenvalue weighted by Crippen LogP contribution is 2.28. The highest BCUT2D eigenvalue weighted by molar-refractivity contribution is 6.38. The highest BCUT2D eigenvalue weighted by Gasteiger charge is 2.19. The average molecular weight is 412 g/mol. The normalized spacial score (nSPS) is 11.1. The van der Waals surface area contributed by atoms with Crippen LogP contribution in [-0.2, 0) is 13.1 Å². The number of hydrogen-bond acceptors (Lipinski definition) is 5. The van der Waals surface area contributed by atoms with Crippen LogP contribution in [0.4, 0.5) is 0 Å². The number of aromatic carboxylic acids is 1. The Labute approximate surface area is 171 Å². The number of ether oxygens (including phenoxy) is 1. The molecule has 0 saturated heterocycles. The molecule has 4 rings (SSSR count). The molecule has 0 atom stereocenters. The Hall–Kier alpha value is -3.39. The molecule has 148 valence electrons. The predicted octanol–water partition coefficient (Wildman–Crippen LogP) is 3.39. The number of fused-ring (bicyclic) bond motifs is 1. The van der Waals surface area contributed by atoms with Crippen LogP contribution in [0.3, 0.4) is 0 Å². The number of pyridine rings is 1. The Kier molecular flexibility index (Phi) is 4.94. The zero-order chi connectivity index (χ0) is 20.5. The molecule has 29 heavy (non-hydrogen) atoms. The molecule has 1 aromatic carbocycles. The number of nitrogens with zero attached hydrogens (tertiary/aromatic N) is 5. The second-order valence-electron chi connectivity index (χ2n) is 6.62. The smallest absolute Gasteiger partial charge is 0.338 e. The lowest BCUT2D eigenvalue weighted by Gasteiger charge is -2.04. The van der Waals surface area contributed by atoms with Crippen molar-refractivity contribution in [2.45, 2.75) is 20.0 Å². The van der Waals surface area contributed by atoms with Gasteiger partial charge in [-0.25, -0.2) is 19.4 Å². The monoisotopic (exact) mass is 411 g/mol. The predicted molar refractivity (Wildman–Crippen MR) is 108 cm³/mol. The van der Waals surface area contributed by atoms with Crippen molar-refractivity contribution in [1.29, 1.82) is 0 Å². The standard InChI is InChI=1S/C20H18ClN5O3/c1-12-17-18(21)16(20(27)28)7-22-19(17)26(24-12)10-14-9-25(11-23-14)8-13-3-5-15(29-2)6-4-13/h3-7,9,11H,8,10H2,1-2H3,(H,27,28). The van der Waals surface area contributed by atoms with Gasteiger partial charge in [0.1, 0.15) is 5.75 Å². The molecule has 0 amide bonds. The van der Waals surface area contributed by atoms with Gasteiger partial charge < -0.3 is 14.4 Å². The first-order valence-corrected chi connectivity index (χ1v) is 9.22. The van der Waals surface area contributed by atoms with Crippen LogP contribution in [0.2, 0.25) is 5.02 Å². The minimum Gasteiger partial charge on any atom is -0.497 e. The van der Waals surface area contributed by atoms with Crippen LogP contribution in [0.15, 0.2) is 43.0 Å². The summed E-state index contributed by atoms with van der Waals surface area (Å²) in [6, 6.07) is 7.86. The zero-order valence-corrected chi connectivity index (χ0v) is 16.6. The van der Waals surface area contributed by atoms with Gasteiger partial charge in [0.05, 0.1) is 47.3 Å². The number of carboxylic acids is 1. The Bertz CT molecular complexity index is 1200. The second-order valence-corrected chi connectivity index (χ2v) is 7.00. The van der Waals surface area contributed by atoms with Gasteiger partial charge in [-0.05, 0) is 24.6 Å². The van der Waals surface area contributed by atoms with E-state index in [1.807, 2.05) is 35.0 Å². The lowest BCUT2D eigenvalue weighted by Crippen LogP contribution is -2.04. The molecular weight excluding hydrogens is 394 g/mol. The van der Waals surface area contributed by atoms with Gasteiger partial charge in [0.2, 0.25) is 0 Å². The molecule has 0 spiro atoms. The third-order valence-electron chi connectivity index (χ3n) is 4.63. The highest BCUT2D eigenvalue weighted by atomic mass is 35.5. The number of rotatable bonds is 6. The number of aromatic nitrogens is 5. The van der Waals surface area contributed by atoms with Crippen molar-refractivity contribution in [3.63, 3.8) is 0 Å². The molecule has 0 bridgehead atoms. The van der Waals surface area contributed by atoms with E-state index in [9.17, 15) is 9.90 Å². The lowest BCUT2D eigenvalue weighted by atomic mass is 10.2. The van der Waals surface area contributed by atoms with Crippen LogP contribution in [0.1, 0.15) is 27.3 Å². The average Bonchev–Trinajstić information content (AvgIpc) is 3.27. The van der Waals surface area contributed by atoms with Crippen molar-refractivity contribution in [1.82, 2.24) is 24.3 Å². The summed E-state index contributed by atoms with van der Waals surface area (Å²) < 4.78 is 8.85. The van der Waals surface area contributed by atoms with Gasteiger partial charge in [0.15, 0.2) is 5.65 Å². The van der Waals surface area contributed by atoms with E-state index in [0.29, 0.717) is 29.8 Å². The third-order valence-corrected chi connectivity index (χ3v) is 5.02. The number of methoxy groups -OCH3 is 1. The van der Waals surface area contributed by atoms with Crippen molar-refractivity contribution >= 4 is 28.6 Å². The molecule has 0 aliphatic carbocycles. The molecule has 8 nitrogen and oxygen atoms in total. The van der Waals surface area contributed by atoms with E-state index in [2.05, 4.69) is 15.1 Å². The third kappa shape index (κ3) is 3.66. The van der Waals surface area contributed by atoms with Gasteiger partial charge in [0.25, 0.3) is 0 Å². The Morgan fingerprint density at radius 3 is 2.66 bits per heavy atom. The fourth-order valence-electron chi connectivity index (χ4n) is 3.20. The fourth-order valence-corrected chi connectivity index (χ4v) is 3.55. The lowest BCUT2D eigenvalue weighted by molar-refractivity contribution is 0.0697. The van der Waals surface area contributed by atoms with E-state index in [0.717, 1.165) is 17.0 Å². The maximum Gasteiger partial charge on any atom is 0.338 e. The molecule has 3 aromatic heterocycles. The van der Waals surface area contributed by atoms with Gasteiger partial charge in [-0.2, -0.15) is 5.10 Å². The van der Waals surface area contributed by atoms with Gasteiger partial charge in [-0.3, -0.25) is 0 Å². The molecule has 0 fully saturated rings. The van der Waals surface area contributed by atoms with Crippen LogP contribution in [-0.4, -0.2) is 42.5 Å². The van der Waals surface area contributed by atoms with E-state index >= 15 is 0 Å². The Morgan fingerprint density at radius 1 is 1.21 bits per heavy atom. The molecule has 0 aliphatic rings. The van der Waals surface area contributed by atoms with E-state index in [-0.39, 0.29) is 10.6 Å². The van der Waals surface area contributed by atoms with E-state index in [1.165, 1.54) is 6.20 Å². The maximum absolute atomic E-state index is 11.3. The summed E-state index contributed by atoms with van der Waals surface area (Å²) in [6.07, 6.45) is 4.97. The van der Waals surface area contributed by atoms with E-state index < -0.39 is 5.97 Å². The second kappa shape index (κ2) is 7.56. The van der Waals surface area contributed by atoms with Gasteiger partial charge in [-0.15, -0.1) is 0 Å². The molecule has 3 heterocycles. The molecule has 1 N–H and O–H groups in total. The van der Waals surface area contributed by atoms with Crippen LogP contribution in [0.25, 0.3) is 11.0 Å². The summed E-state index contributed by atoms with van der Waals surface area (Å²) in [5, 5.41) is 14.4. The molecule has 9 heteroatoms. The molecule has 0 aliphatic heterocycles. The van der Waals surface area contributed by atoms with Crippen molar-refractivity contribution < 1.29 is 14.6 Å². The van der Waals surface area contributed by atoms with Crippen molar-refractivity contribution in [2.75, 3.05) is 7.11 Å². The summed E-state index contributed by atoms with van der Waals surface area (Å²) in [7, 11) is 1.64. The SMILES string of the molecule is COc1ccc(Cn2cnc(Cn3nc(C)c4c(Cl)c(C(=O)O)cnc43)c2)cc1. The van der Waals surface area contributed by atoms with E-state index in [1.54, 1.807) is 25.0 Å². The first-order chi connectivity index (χ1) is 14.0. The van der Waals surface area contributed by atoms with Crippen LogP contribution in [0.5, 0.6) is 5.75 Å². The molecule has 0 radical (unpaired) electrons. The first-order valence-electron chi connectivity index (χ1n) is 8.84. The maximum atomic E-state index is 11.3. The quantitative estimate of drug-likeness (QED) is 0.522. The number of aryl methyl sites for hydroxylation is 1. The van der Waals surface area contributed by atoms with Crippen molar-refractivity contribution in [3.05, 3.63) is 70.5 Å². The fraction of sp³-hybridized carbons (Fsp3) is 0.200. The van der Waals surface area contributed by atoms with Crippen molar-refractivity contribution in [3.8, 4) is 5.75 Å². The number of carbonyl (C=O) groups is 1. The minimum absolute atomic E-state index is 0.0365. The van der Waals surface area contributed by atoms with Crippen LogP contribution >= 0.6 is 11.6 Å². The molecule has 0 saturated carbocycles. The number of halogens is 1. The van der Waals surface area contributed by atoms with Crippen LogP contribution < -0.4 is 4.74 Å². The number of hydrogen-bond donors (Lipinski definition) is 1. The minimum atomic E-state index is -1.12. The summed E-state index contributed by atoms with van der Waals surface area (Å²) in [5.41, 5.74) is 3.05. The number of imidazole rings is 1. The van der Waals surface area contributed by atoms with Gasteiger partial charge in [0, 0.05) is 18.9 Å². The molecular formula is C20H18ClN5O3. The number of benzene rings is 1.